The van der Waals surface area contributed by atoms with E-state index in [0.29, 0.717) is 10.7 Å². The van der Waals surface area contributed by atoms with Gasteiger partial charge in [0.2, 0.25) is 5.91 Å². The van der Waals surface area contributed by atoms with Crippen LogP contribution in [0.15, 0.2) is 42.6 Å². The molecule has 0 saturated heterocycles. The number of halogens is 1. The lowest BCUT2D eigenvalue weighted by Crippen LogP contribution is -2.19. The molecule has 0 aliphatic carbocycles. The molecule has 1 aromatic heterocycles. The van der Waals surface area contributed by atoms with Crippen molar-refractivity contribution in [3.63, 3.8) is 0 Å². The minimum absolute atomic E-state index is 0.120. The molecular weight excluding hydrogens is 300 g/mol. The van der Waals surface area contributed by atoms with Gasteiger partial charge in [-0.25, -0.2) is 0 Å². The Balaban J connectivity index is 1.79. The van der Waals surface area contributed by atoms with Crippen LogP contribution < -0.4 is 11.1 Å². The number of benzene rings is 2. The molecule has 1 amide bonds. The number of anilines is 2. The molecule has 0 atom stereocenters. The van der Waals surface area contributed by atoms with E-state index in [4.69, 9.17) is 17.3 Å². The molecule has 3 rings (SSSR count). The molecule has 6 heteroatoms. The van der Waals surface area contributed by atoms with Crippen LogP contribution in [0.4, 0.5) is 11.4 Å². The first-order valence-electron chi connectivity index (χ1n) is 6.80. The monoisotopic (exact) mass is 314 g/mol. The molecule has 2 aromatic carbocycles. The highest BCUT2D eigenvalue weighted by Crippen LogP contribution is 2.20. The second-order valence-corrected chi connectivity index (χ2v) is 5.56. The molecular formula is C16H15ClN4O. The maximum atomic E-state index is 12.2. The van der Waals surface area contributed by atoms with E-state index in [1.807, 2.05) is 25.1 Å². The molecule has 3 aromatic rings. The van der Waals surface area contributed by atoms with Crippen LogP contribution in [0.3, 0.4) is 0 Å². The van der Waals surface area contributed by atoms with E-state index in [0.717, 1.165) is 22.2 Å². The number of nitrogens with two attached hydrogens (primary N) is 1. The maximum absolute atomic E-state index is 12.2. The number of carbonyl (C=O) groups is 1. The Morgan fingerprint density at radius 1 is 1.32 bits per heavy atom. The first-order chi connectivity index (χ1) is 10.5. The summed E-state index contributed by atoms with van der Waals surface area (Å²) in [5.41, 5.74) is 8.92. The van der Waals surface area contributed by atoms with Crippen molar-refractivity contribution >= 4 is 39.8 Å². The summed E-state index contributed by atoms with van der Waals surface area (Å²) in [6.45, 7) is 2.01. The lowest BCUT2D eigenvalue weighted by atomic mass is 10.2. The number of amides is 1. The van der Waals surface area contributed by atoms with Crippen molar-refractivity contribution in [2.24, 2.45) is 0 Å². The molecule has 1 heterocycles. The standard InChI is InChI=1S/C16H15ClN4O/c1-10-6-12(17)3-5-14(10)20-16(22)9-21-15-7-13(18)4-2-11(15)8-19-21/h2-8H,9,18H2,1H3,(H,20,22). The van der Waals surface area contributed by atoms with Gasteiger partial charge in [-0.15, -0.1) is 0 Å². The number of rotatable bonds is 3. The third-order valence-corrected chi connectivity index (χ3v) is 3.66. The van der Waals surface area contributed by atoms with Crippen LogP contribution in [0.5, 0.6) is 0 Å². The first-order valence-corrected chi connectivity index (χ1v) is 7.18. The van der Waals surface area contributed by atoms with Crippen LogP contribution in [-0.4, -0.2) is 15.7 Å². The van der Waals surface area contributed by atoms with Crippen molar-refractivity contribution in [3.8, 4) is 0 Å². The lowest BCUT2D eigenvalue weighted by Gasteiger charge is -2.09. The number of aryl methyl sites for hydroxylation is 1. The highest BCUT2D eigenvalue weighted by atomic mass is 35.5. The summed E-state index contributed by atoms with van der Waals surface area (Å²) < 4.78 is 1.63. The van der Waals surface area contributed by atoms with Crippen molar-refractivity contribution in [2.45, 2.75) is 13.5 Å². The van der Waals surface area contributed by atoms with E-state index in [2.05, 4.69) is 10.4 Å². The van der Waals surface area contributed by atoms with Crippen molar-refractivity contribution < 1.29 is 4.79 Å². The van der Waals surface area contributed by atoms with Crippen molar-refractivity contribution in [2.75, 3.05) is 11.1 Å². The maximum Gasteiger partial charge on any atom is 0.246 e. The Kier molecular flexibility index (Phi) is 3.73. The van der Waals surface area contributed by atoms with Crippen molar-refractivity contribution in [1.82, 2.24) is 9.78 Å². The van der Waals surface area contributed by atoms with E-state index in [1.165, 1.54) is 0 Å². The fraction of sp³-hybridized carbons (Fsp3) is 0.125. The molecule has 0 fully saturated rings. The quantitative estimate of drug-likeness (QED) is 0.729. The third kappa shape index (κ3) is 2.89. The number of hydrogen-bond acceptors (Lipinski definition) is 3. The first kappa shape index (κ1) is 14.4. The molecule has 3 N–H and O–H groups in total. The Morgan fingerprint density at radius 3 is 2.91 bits per heavy atom. The van der Waals surface area contributed by atoms with E-state index in [-0.39, 0.29) is 12.5 Å². The van der Waals surface area contributed by atoms with Crippen LogP contribution in [0, 0.1) is 6.92 Å². The zero-order valence-corrected chi connectivity index (χ0v) is 12.8. The van der Waals surface area contributed by atoms with Crippen LogP contribution in [0.1, 0.15) is 5.56 Å². The topological polar surface area (TPSA) is 72.9 Å². The third-order valence-electron chi connectivity index (χ3n) is 3.42. The van der Waals surface area contributed by atoms with E-state index >= 15 is 0 Å². The largest absolute Gasteiger partial charge is 0.399 e. The second-order valence-electron chi connectivity index (χ2n) is 5.13. The van der Waals surface area contributed by atoms with E-state index in [9.17, 15) is 4.79 Å². The summed E-state index contributed by atoms with van der Waals surface area (Å²) >= 11 is 5.91. The van der Waals surface area contributed by atoms with Gasteiger partial charge < -0.3 is 11.1 Å². The fourth-order valence-corrected chi connectivity index (χ4v) is 2.53. The van der Waals surface area contributed by atoms with Crippen LogP contribution in [0.2, 0.25) is 5.02 Å². The highest BCUT2D eigenvalue weighted by Gasteiger charge is 2.09. The number of hydrogen-bond donors (Lipinski definition) is 2. The van der Waals surface area contributed by atoms with Crippen LogP contribution >= 0.6 is 11.6 Å². The Labute approximate surface area is 132 Å². The molecule has 0 bridgehead atoms. The molecule has 112 valence electrons. The SMILES string of the molecule is Cc1cc(Cl)ccc1NC(=O)Cn1ncc2ccc(N)cc21. The van der Waals surface area contributed by atoms with Crippen LogP contribution in [0.25, 0.3) is 10.9 Å². The number of nitrogens with one attached hydrogen (secondary N) is 1. The van der Waals surface area contributed by atoms with Gasteiger partial charge in [-0.05, 0) is 48.9 Å². The van der Waals surface area contributed by atoms with Gasteiger partial charge in [0.05, 0.1) is 11.7 Å². The number of carbonyl (C=O) groups excluding carboxylic acids is 1. The summed E-state index contributed by atoms with van der Waals surface area (Å²) in [7, 11) is 0. The zero-order valence-electron chi connectivity index (χ0n) is 12.0. The summed E-state index contributed by atoms with van der Waals surface area (Å²) in [4.78, 5) is 12.2. The normalized spacial score (nSPS) is 10.8. The van der Waals surface area contributed by atoms with Gasteiger partial charge in [-0.2, -0.15) is 5.10 Å². The summed E-state index contributed by atoms with van der Waals surface area (Å²) in [5, 5.41) is 8.69. The molecule has 0 saturated carbocycles. The molecule has 22 heavy (non-hydrogen) atoms. The van der Waals surface area contributed by atoms with Gasteiger partial charge in [-0.3, -0.25) is 9.48 Å². The summed E-state index contributed by atoms with van der Waals surface area (Å²) in [5.74, 6) is -0.155. The van der Waals surface area contributed by atoms with Gasteiger partial charge in [0.25, 0.3) is 0 Å². The van der Waals surface area contributed by atoms with Gasteiger partial charge >= 0.3 is 0 Å². The van der Waals surface area contributed by atoms with E-state index in [1.54, 1.807) is 29.1 Å². The van der Waals surface area contributed by atoms with Gasteiger partial charge in [0.1, 0.15) is 6.54 Å². The minimum Gasteiger partial charge on any atom is -0.399 e. The van der Waals surface area contributed by atoms with E-state index < -0.39 is 0 Å². The fourth-order valence-electron chi connectivity index (χ4n) is 2.31. The van der Waals surface area contributed by atoms with Gasteiger partial charge in [-0.1, -0.05) is 11.6 Å². The summed E-state index contributed by atoms with van der Waals surface area (Å²) in [6.07, 6.45) is 1.72. The Morgan fingerprint density at radius 2 is 2.14 bits per heavy atom. The number of aromatic nitrogens is 2. The van der Waals surface area contributed by atoms with Crippen LogP contribution in [-0.2, 0) is 11.3 Å². The number of nitrogen functional groups attached to an aromatic ring is 1. The second kappa shape index (κ2) is 5.69. The molecule has 0 radical (unpaired) electrons. The van der Waals surface area contributed by atoms with Gasteiger partial charge in [0, 0.05) is 21.8 Å². The predicted molar refractivity (Wildman–Crippen MR) is 89.0 cm³/mol. The number of fused-ring (bicyclic) bond motifs is 1. The Hall–Kier alpha value is -2.53. The zero-order chi connectivity index (χ0) is 15.7. The molecule has 0 aliphatic heterocycles. The van der Waals surface area contributed by atoms with Gasteiger partial charge in [0.15, 0.2) is 0 Å². The molecule has 0 aliphatic rings. The van der Waals surface area contributed by atoms with Crippen molar-refractivity contribution in [3.05, 3.63) is 53.2 Å². The smallest absolute Gasteiger partial charge is 0.246 e. The summed E-state index contributed by atoms with van der Waals surface area (Å²) in [6, 6.07) is 10.8. The molecule has 5 nitrogen and oxygen atoms in total. The number of nitrogens with zero attached hydrogens (tertiary/aromatic N) is 2. The highest BCUT2D eigenvalue weighted by molar-refractivity contribution is 6.30. The molecule has 0 spiro atoms. The molecule has 0 unspecified atom stereocenters. The minimum atomic E-state index is -0.155. The average Bonchev–Trinajstić information content (AvgIpc) is 2.84. The average molecular weight is 315 g/mol. The van der Waals surface area contributed by atoms with Crippen molar-refractivity contribution in [1.29, 1.82) is 0 Å². The Bertz CT molecular complexity index is 856. The lowest BCUT2D eigenvalue weighted by molar-refractivity contribution is -0.116. The predicted octanol–water partition coefficient (Wildman–Crippen LogP) is 3.22.